The lowest BCUT2D eigenvalue weighted by Gasteiger charge is -2.02. The first kappa shape index (κ1) is 13.2. The number of nitrogens with zero attached hydrogens (tertiary/aromatic N) is 3. The summed E-state index contributed by atoms with van der Waals surface area (Å²) < 4.78 is 1.88. The normalized spacial score (nSPS) is 11.1. The fourth-order valence-electron chi connectivity index (χ4n) is 2.59. The van der Waals surface area contributed by atoms with Gasteiger partial charge in [0.15, 0.2) is 0 Å². The monoisotopic (exact) mass is 305 g/mol. The van der Waals surface area contributed by atoms with E-state index in [9.17, 15) is 0 Å². The third-order valence-electron chi connectivity index (χ3n) is 3.74. The summed E-state index contributed by atoms with van der Waals surface area (Å²) >= 11 is 1.64. The lowest BCUT2D eigenvalue weighted by Crippen LogP contribution is -1.88. The minimum atomic E-state index is 0.930. The minimum Gasteiger partial charge on any atom is -0.217 e. The Balaban J connectivity index is 1.78. The summed E-state index contributed by atoms with van der Waals surface area (Å²) in [6.45, 7) is 2.17. The Hall–Kier alpha value is -2.46. The number of rotatable bonds is 3. The highest BCUT2D eigenvalue weighted by molar-refractivity contribution is 7.19. The molecule has 2 heterocycles. The average molecular weight is 305 g/mol. The quantitative estimate of drug-likeness (QED) is 0.550. The largest absolute Gasteiger partial charge is 0.217 e. The van der Waals surface area contributed by atoms with Crippen LogP contribution < -0.4 is 0 Å². The fourth-order valence-corrected chi connectivity index (χ4v) is 3.54. The Morgan fingerprint density at radius 1 is 1.00 bits per heavy atom. The van der Waals surface area contributed by atoms with Gasteiger partial charge in [0, 0.05) is 11.1 Å². The zero-order chi connectivity index (χ0) is 14.9. The van der Waals surface area contributed by atoms with E-state index in [1.54, 1.807) is 11.3 Å². The number of aromatic nitrogens is 3. The van der Waals surface area contributed by atoms with Crippen LogP contribution in [0.5, 0.6) is 0 Å². The minimum absolute atomic E-state index is 0.930. The molecular formula is C18H15N3S. The van der Waals surface area contributed by atoms with Crippen LogP contribution >= 0.6 is 11.3 Å². The van der Waals surface area contributed by atoms with Crippen molar-refractivity contribution in [2.75, 3.05) is 0 Å². The Kier molecular flexibility index (Phi) is 3.24. The van der Waals surface area contributed by atoms with Crippen molar-refractivity contribution in [3.8, 4) is 21.8 Å². The number of hydrogen-bond acceptors (Lipinski definition) is 3. The number of imidazole rings is 1. The molecule has 2 aromatic carbocycles. The molecule has 0 N–H and O–H groups in total. The summed E-state index contributed by atoms with van der Waals surface area (Å²) in [6, 6.07) is 18.6. The van der Waals surface area contributed by atoms with Gasteiger partial charge < -0.3 is 0 Å². The summed E-state index contributed by atoms with van der Waals surface area (Å²) in [5.41, 5.74) is 4.62. The van der Waals surface area contributed by atoms with Gasteiger partial charge in [-0.05, 0) is 12.0 Å². The molecule has 0 radical (unpaired) electrons. The van der Waals surface area contributed by atoms with Crippen molar-refractivity contribution in [2.24, 2.45) is 0 Å². The third kappa shape index (κ3) is 2.22. The number of fused-ring (bicyclic) bond motifs is 1. The van der Waals surface area contributed by atoms with Crippen molar-refractivity contribution in [1.29, 1.82) is 0 Å². The molecule has 108 valence electrons. The molecule has 3 nitrogen and oxygen atoms in total. The summed E-state index contributed by atoms with van der Waals surface area (Å²) in [6.07, 6.45) is 3.01. The Morgan fingerprint density at radius 3 is 2.55 bits per heavy atom. The molecule has 0 spiro atoms. The van der Waals surface area contributed by atoms with Gasteiger partial charge in [-0.2, -0.15) is 5.10 Å². The Labute approximate surface area is 132 Å². The molecular weight excluding hydrogens is 290 g/mol. The van der Waals surface area contributed by atoms with Gasteiger partial charge in [0.05, 0.1) is 11.9 Å². The number of benzene rings is 2. The highest BCUT2D eigenvalue weighted by Gasteiger charge is 2.12. The predicted octanol–water partition coefficient (Wildman–Crippen LogP) is 4.69. The van der Waals surface area contributed by atoms with E-state index in [1.165, 1.54) is 11.1 Å². The van der Waals surface area contributed by atoms with Gasteiger partial charge in [-0.1, -0.05) is 72.9 Å². The molecule has 0 bridgehead atoms. The van der Waals surface area contributed by atoms with Crippen molar-refractivity contribution in [1.82, 2.24) is 14.6 Å². The van der Waals surface area contributed by atoms with Gasteiger partial charge in [0.2, 0.25) is 4.96 Å². The first-order valence-corrected chi connectivity index (χ1v) is 8.16. The van der Waals surface area contributed by atoms with Crippen LogP contribution in [-0.2, 0) is 6.42 Å². The van der Waals surface area contributed by atoms with Gasteiger partial charge in [0.25, 0.3) is 0 Å². The highest BCUT2D eigenvalue weighted by Crippen LogP contribution is 2.30. The molecule has 0 amide bonds. The van der Waals surface area contributed by atoms with E-state index in [2.05, 4.69) is 43.3 Å². The number of aryl methyl sites for hydroxylation is 1. The third-order valence-corrected chi connectivity index (χ3v) is 4.70. The van der Waals surface area contributed by atoms with Crippen LogP contribution in [0.3, 0.4) is 0 Å². The van der Waals surface area contributed by atoms with Gasteiger partial charge in [0.1, 0.15) is 5.01 Å². The molecule has 0 aliphatic carbocycles. The highest BCUT2D eigenvalue weighted by atomic mass is 32.1. The van der Waals surface area contributed by atoms with E-state index >= 15 is 0 Å². The van der Waals surface area contributed by atoms with Crippen molar-refractivity contribution in [3.05, 3.63) is 66.4 Å². The number of hydrogen-bond donors (Lipinski definition) is 0. The topological polar surface area (TPSA) is 30.2 Å². The average Bonchev–Trinajstić information content (AvgIpc) is 3.14. The zero-order valence-corrected chi connectivity index (χ0v) is 13.0. The maximum Gasteiger partial charge on any atom is 0.213 e. The van der Waals surface area contributed by atoms with E-state index in [0.29, 0.717) is 0 Å². The lowest BCUT2D eigenvalue weighted by molar-refractivity contribution is 0.976. The second-order valence-electron chi connectivity index (χ2n) is 5.14. The Morgan fingerprint density at radius 2 is 1.77 bits per heavy atom. The van der Waals surface area contributed by atoms with E-state index in [0.717, 1.165) is 27.6 Å². The molecule has 0 atom stereocenters. The summed E-state index contributed by atoms with van der Waals surface area (Å²) in [4.78, 5) is 5.63. The van der Waals surface area contributed by atoms with E-state index in [1.807, 2.05) is 28.9 Å². The van der Waals surface area contributed by atoms with Gasteiger partial charge in [-0.3, -0.25) is 0 Å². The summed E-state index contributed by atoms with van der Waals surface area (Å²) in [5, 5.41) is 5.74. The van der Waals surface area contributed by atoms with Crippen LogP contribution in [0.15, 0.2) is 60.8 Å². The molecule has 0 aliphatic rings. The van der Waals surface area contributed by atoms with Crippen LogP contribution in [0.2, 0.25) is 0 Å². The molecule has 0 unspecified atom stereocenters. The smallest absolute Gasteiger partial charge is 0.213 e. The molecule has 0 fully saturated rings. The van der Waals surface area contributed by atoms with E-state index in [4.69, 9.17) is 10.1 Å². The zero-order valence-electron chi connectivity index (χ0n) is 12.2. The van der Waals surface area contributed by atoms with Crippen molar-refractivity contribution >= 4 is 16.3 Å². The molecule has 4 aromatic rings. The lowest BCUT2D eigenvalue weighted by atomic mass is 10.1. The van der Waals surface area contributed by atoms with Crippen LogP contribution in [0.25, 0.3) is 26.8 Å². The van der Waals surface area contributed by atoms with Crippen LogP contribution in [0.1, 0.15) is 12.5 Å². The van der Waals surface area contributed by atoms with E-state index in [-0.39, 0.29) is 0 Å². The second-order valence-corrected chi connectivity index (χ2v) is 6.09. The predicted molar refractivity (Wildman–Crippen MR) is 91.1 cm³/mol. The van der Waals surface area contributed by atoms with Crippen LogP contribution in [0, 0.1) is 0 Å². The van der Waals surface area contributed by atoms with Gasteiger partial charge in [-0.15, -0.1) is 0 Å². The SMILES string of the molecule is CCc1ccccc1-c1nn2cc(-c3ccccc3)nc2s1. The fraction of sp³-hybridized carbons (Fsp3) is 0.111. The standard InChI is InChI=1S/C18H15N3S/c1-2-13-8-6-7-11-15(13)17-20-21-12-16(19-18(21)22-17)14-9-4-3-5-10-14/h3-12H,2H2,1H3. The molecule has 0 saturated carbocycles. The second kappa shape index (κ2) is 5.39. The molecule has 0 saturated heterocycles. The molecule has 4 rings (SSSR count). The summed E-state index contributed by atoms with van der Waals surface area (Å²) in [7, 11) is 0. The van der Waals surface area contributed by atoms with Crippen molar-refractivity contribution < 1.29 is 0 Å². The van der Waals surface area contributed by atoms with Crippen molar-refractivity contribution in [3.63, 3.8) is 0 Å². The van der Waals surface area contributed by atoms with Gasteiger partial charge >= 0.3 is 0 Å². The first-order valence-electron chi connectivity index (χ1n) is 7.35. The van der Waals surface area contributed by atoms with Crippen LogP contribution in [0.4, 0.5) is 0 Å². The molecule has 0 aliphatic heterocycles. The molecule has 4 heteroatoms. The molecule has 22 heavy (non-hydrogen) atoms. The maximum atomic E-state index is 4.71. The summed E-state index contributed by atoms with van der Waals surface area (Å²) in [5.74, 6) is 0. The molecule has 2 aromatic heterocycles. The van der Waals surface area contributed by atoms with Gasteiger partial charge in [-0.25, -0.2) is 9.50 Å². The Bertz CT molecular complexity index is 890. The first-order chi connectivity index (χ1) is 10.8. The van der Waals surface area contributed by atoms with E-state index < -0.39 is 0 Å². The van der Waals surface area contributed by atoms with Crippen molar-refractivity contribution in [2.45, 2.75) is 13.3 Å². The maximum absolute atomic E-state index is 4.71. The van der Waals surface area contributed by atoms with Crippen LogP contribution in [-0.4, -0.2) is 14.6 Å².